The molecule has 0 aliphatic rings. The summed E-state index contributed by atoms with van der Waals surface area (Å²) < 4.78 is 11.3. The summed E-state index contributed by atoms with van der Waals surface area (Å²) in [7, 11) is 0.252. The molecule has 0 heterocycles. The second-order valence-corrected chi connectivity index (χ2v) is 8.29. The van der Waals surface area contributed by atoms with E-state index in [0.717, 1.165) is 12.6 Å². The topological polar surface area (TPSA) is 35.5 Å². The molecule has 0 aromatic heterocycles. The van der Waals surface area contributed by atoms with Crippen LogP contribution in [0.2, 0.25) is 0 Å². The van der Waals surface area contributed by atoms with Crippen molar-refractivity contribution in [2.45, 2.75) is 48.0 Å². The van der Waals surface area contributed by atoms with E-state index in [4.69, 9.17) is 9.47 Å². The fourth-order valence-electron chi connectivity index (χ4n) is 2.76. The molecule has 3 nitrogen and oxygen atoms in total. The molecule has 0 aliphatic heterocycles. The van der Waals surface area contributed by atoms with Crippen LogP contribution in [0.25, 0.3) is 0 Å². The van der Waals surface area contributed by atoms with Gasteiger partial charge in [-0.1, -0.05) is 33.8 Å². The molecule has 0 saturated heterocycles. The number of hydrogen-bond donors (Lipinski definition) is 0. The summed E-state index contributed by atoms with van der Waals surface area (Å²) >= 11 is 0. The van der Waals surface area contributed by atoms with Gasteiger partial charge in [0.2, 0.25) is 0 Å². The molecular formula is C19H31LiO3P. The second kappa shape index (κ2) is 11.2. The van der Waals surface area contributed by atoms with E-state index in [1.165, 1.54) is 0 Å². The molecule has 0 spiro atoms. The van der Waals surface area contributed by atoms with Crippen LogP contribution in [0.5, 0.6) is 11.5 Å². The summed E-state index contributed by atoms with van der Waals surface area (Å²) in [5.74, 6) is 1.81. The molecule has 0 saturated carbocycles. The van der Waals surface area contributed by atoms with E-state index in [0.29, 0.717) is 41.6 Å². The van der Waals surface area contributed by atoms with Crippen molar-refractivity contribution < 1.29 is 14.3 Å². The first kappa shape index (κ1) is 23.5. The van der Waals surface area contributed by atoms with Gasteiger partial charge in [0.25, 0.3) is 0 Å². The Labute approximate surface area is 161 Å². The Morgan fingerprint density at radius 2 is 1.62 bits per heavy atom. The van der Waals surface area contributed by atoms with Crippen LogP contribution in [0.15, 0.2) is 18.2 Å². The zero-order chi connectivity index (χ0) is 17.5. The minimum absolute atomic E-state index is 0. The number of rotatable bonds is 9. The van der Waals surface area contributed by atoms with Crippen LogP contribution in [0.1, 0.15) is 58.3 Å². The summed E-state index contributed by atoms with van der Waals surface area (Å²) in [6.07, 6.45) is 2.04. The standard InChI is InChI=1S/C19H31O3P.Li/c1-7-21-15-10-9-11-16(22-8-2)17(15)18(20)23-13-14(3)12-19(4,5)6;/h9-11,14,23H,7-8,12-13H2,1-6H3;. The van der Waals surface area contributed by atoms with E-state index in [1.807, 2.05) is 32.0 Å². The van der Waals surface area contributed by atoms with Crippen molar-refractivity contribution in [3.8, 4) is 11.5 Å². The molecule has 1 rings (SSSR count). The van der Waals surface area contributed by atoms with Crippen molar-refractivity contribution in [3.05, 3.63) is 23.8 Å². The Morgan fingerprint density at radius 1 is 1.12 bits per heavy atom. The van der Waals surface area contributed by atoms with Crippen molar-refractivity contribution in [1.29, 1.82) is 0 Å². The Morgan fingerprint density at radius 3 is 2.04 bits per heavy atom. The molecule has 1 aromatic rings. The number of carbonyl (C=O) groups is 1. The molecule has 0 N–H and O–H groups in total. The first-order valence-corrected chi connectivity index (χ1v) is 9.66. The molecule has 0 bridgehead atoms. The van der Waals surface area contributed by atoms with Crippen molar-refractivity contribution in [3.63, 3.8) is 0 Å². The zero-order valence-corrected chi connectivity index (χ0v) is 17.4. The van der Waals surface area contributed by atoms with Gasteiger partial charge in [-0.25, -0.2) is 0 Å². The summed E-state index contributed by atoms with van der Waals surface area (Å²) in [6, 6.07) is 5.57. The first-order valence-electron chi connectivity index (χ1n) is 8.45. The van der Waals surface area contributed by atoms with Gasteiger partial charge in [-0.3, -0.25) is 4.79 Å². The van der Waals surface area contributed by atoms with Gasteiger partial charge >= 0.3 is 0 Å². The zero-order valence-electron chi connectivity index (χ0n) is 16.4. The summed E-state index contributed by atoms with van der Waals surface area (Å²) in [5, 5.41) is 0. The Balaban J connectivity index is 0.00000529. The molecule has 0 fully saturated rings. The minimum atomic E-state index is 0. The van der Waals surface area contributed by atoms with Gasteiger partial charge in [0.1, 0.15) is 17.1 Å². The number of carbonyl (C=O) groups excluding carboxylic acids is 1. The summed E-state index contributed by atoms with van der Waals surface area (Å²) in [5.41, 5.74) is 1.04. The monoisotopic (exact) mass is 345 g/mol. The third kappa shape index (κ3) is 8.06. The van der Waals surface area contributed by atoms with E-state index in [2.05, 4.69) is 27.7 Å². The van der Waals surface area contributed by atoms with Gasteiger partial charge < -0.3 is 9.47 Å². The third-order valence-electron chi connectivity index (χ3n) is 3.39. The molecular weight excluding hydrogens is 314 g/mol. The first-order chi connectivity index (χ1) is 10.8. The van der Waals surface area contributed by atoms with Crippen LogP contribution >= 0.6 is 8.58 Å². The van der Waals surface area contributed by atoms with Gasteiger partial charge in [-0.15, -0.1) is 0 Å². The molecule has 0 aliphatic carbocycles. The van der Waals surface area contributed by atoms with Gasteiger partial charge in [-0.2, -0.15) is 0 Å². The number of benzene rings is 1. The van der Waals surface area contributed by atoms with E-state index >= 15 is 0 Å². The molecule has 2 unspecified atom stereocenters. The molecule has 1 radical (unpaired) electrons. The van der Waals surface area contributed by atoms with Crippen molar-refractivity contribution >= 4 is 33.0 Å². The smallest absolute Gasteiger partial charge is 0.188 e. The number of ether oxygens (including phenoxy) is 2. The van der Waals surface area contributed by atoms with E-state index < -0.39 is 0 Å². The predicted molar refractivity (Wildman–Crippen MR) is 105 cm³/mol. The van der Waals surface area contributed by atoms with Gasteiger partial charge in [0.15, 0.2) is 5.52 Å². The fourth-order valence-corrected chi connectivity index (χ4v) is 3.86. The largest absolute Gasteiger partial charge is 0.493 e. The van der Waals surface area contributed by atoms with Crippen LogP contribution < -0.4 is 9.47 Å². The van der Waals surface area contributed by atoms with E-state index in [1.54, 1.807) is 0 Å². The predicted octanol–water partition coefficient (Wildman–Crippen LogP) is 4.99. The Bertz CT molecular complexity index is 488. The van der Waals surface area contributed by atoms with E-state index in [-0.39, 0.29) is 33.0 Å². The van der Waals surface area contributed by atoms with E-state index in [9.17, 15) is 4.79 Å². The third-order valence-corrected chi connectivity index (χ3v) is 4.86. The Hall–Kier alpha value is -0.483. The summed E-state index contributed by atoms with van der Waals surface area (Å²) in [6.45, 7) is 13.9. The number of hydrogen-bond acceptors (Lipinski definition) is 3. The second-order valence-electron chi connectivity index (χ2n) is 7.08. The van der Waals surface area contributed by atoms with Crippen LogP contribution in [0, 0.1) is 11.3 Å². The fraction of sp³-hybridized carbons (Fsp3) is 0.632. The molecule has 1 aromatic carbocycles. The maximum Gasteiger partial charge on any atom is 0.188 e. The van der Waals surface area contributed by atoms with Gasteiger partial charge in [-0.05, 0) is 58.5 Å². The van der Waals surface area contributed by atoms with Crippen LogP contribution in [-0.4, -0.2) is 43.8 Å². The average molecular weight is 345 g/mol. The summed E-state index contributed by atoms with van der Waals surface area (Å²) in [4.78, 5) is 12.8. The van der Waals surface area contributed by atoms with Crippen LogP contribution in [-0.2, 0) is 0 Å². The molecule has 24 heavy (non-hydrogen) atoms. The maximum atomic E-state index is 12.8. The average Bonchev–Trinajstić information content (AvgIpc) is 2.44. The van der Waals surface area contributed by atoms with Crippen LogP contribution in [0.4, 0.5) is 0 Å². The minimum Gasteiger partial charge on any atom is -0.493 e. The molecule has 131 valence electrons. The quantitative estimate of drug-likeness (QED) is 0.467. The van der Waals surface area contributed by atoms with Crippen molar-refractivity contribution in [2.24, 2.45) is 11.3 Å². The SMILES string of the molecule is CCOc1cccc(OCC)c1C(=O)PCC(C)CC(C)(C)C.[Li]. The Kier molecular flexibility index (Phi) is 11.0. The van der Waals surface area contributed by atoms with Crippen molar-refractivity contribution in [2.75, 3.05) is 19.4 Å². The molecule has 2 atom stereocenters. The van der Waals surface area contributed by atoms with Crippen molar-refractivity contribution in [1.82, 2.24) is 0 Å². The maximum absolute atomic E-state index is 12.8. The molecule has 0 amide bonds. The van der Waals surface area contributed by atoms with Gasteiger partial charge in [0.05, 0.1) is 13.2 Å². The van der Waals surface area contributed by atoms with Crippen LogP contribution in [0.3, 0.4) is 0 Å². The van der Waals surface area contributed by atoms with Gasteiger partial charge in [0, 0.05) is 18.9 Å². The molecule has 5 heteroatoms. The normalized spacial score (nSPS) is 12.8.